The maximum absolute atomic E-state index is 12.6. The predicted octanol–water partition coefficient (Wildman–Crippen LogP) is 2.14. The summed E-state index contributed by atoms with van der Waals surface area (Å²) < 4.78 is 0. The van der Waals surface area contributed by atoms with Crippen LogP contribution in [0.1, 0.15) is 38.7 Å². The molecule has 132 valence electrons. The van der Waals surface area contributed by atoms with Crippen molar-refractivity contribution in [1.82, 2.24) is 4.90 Å². The first-order valence-electron chi connectivity index (χ1n) is 8.16. The number of nitrogens with zero attached hydrogens (tertiary/aromatic N) is 1. The molecule has 6 heteroatoms. The van der Waals surface area contributed by atoms with Gasteiger partial charge in [-0.05, 0) is 42.4 Å². The van der Waals surface area contributed by atoms with Crippen LogP contribution in [-0.2, 0) is 16.0 Å². The number of hydrogen-bond acceptors (Lipinski definition) is 3. The molecule has 0 saturated carbocycles. The second-order valence-electron chi connectivity index (χ2n) is 7.46. The number of rotatable bonds is 5. The molecular formula is C18H25ClN2O3. The quantitative estimate of drug-likeness (QED) is 0.851. The van der Waals surface area contributed by atoms with Crippen LogP contribution in [0, 0.1) is 5.41 Å². The van der Waals surface area contributed by atoms with Crippen LogP contribution in [-0.4, -0.2) is 40.5 Å². The summed E-state index contributed by atoms with van der Waals surface area (Å²) in [6.45, 7) is 4.59. The Morgan fingerprint density at radius 2 is 1.96 bits per heavy atom. The van der Waals surface area contributed by atoms with Crippen molar-refractivity contribution >= 4 is 23.4 Å². The Kier molecular flexibility index (Phi) is 5.56. The third kappa shape index (κ3) is 4.71. The molecule has 0 radical (unpaired) electrons. The molecule has 1 heterocycles. The van der Waals surface area contributed by atoms with Gasteiger partial charge in [0.05, 0.1) is 6.54 Å². The highest BCUT2D eigenvalue weighted by atomic mass is 35.5. The number of primary amides is 1. The van der Waals surface area contributed by atoms with Gasteiger partial charge in [-0.15, -0.1) is 0 Å². The van der Waals surface area contributed by atoms with E-state index in [4.69, 9.17) is 17.3 Å². The number of β-amino-alcohol motifs (C(OH)–C–C–N with tert-alkyl or cyclic N) is 1. The molecule has 2 rings (SSSR count). The normalized spacial score (nSPS) is 21.6. The first-order valence-corrected chi connectivity index (χ1v) is 8.54. The highest BCUT2D eigenvalue weighted by Gasteiger charge is 2.40. The summed E-state index contributed by atoms with van der Waals surface area (Å²) in [5, 5.41) is 10.9. The number of aliphatic hydroxyl groups is 1. The van der Waals surface area contributed by atoms with E-state index in [-0.39, 0.29) is 17.9 Å². The minimum absolute atomic E-state index is 0.0157. The van der Waals surface area contributed by atoms with Crippen molar-refractivity contribution in [3.63, 3.8) is 0 Å². The highest BCUT2D eigenvalue weighted by Crippen LogP contribution is 2.29. The van der Waals surface area contributed by atoms with Crippen LogP contribution in [0.3, 0.4) is 0 Å². The summed E-state index contributed by atoms with van der Waals surface area (Å²) in [4.78, 5) is 25.6. The topological polar surface area (TPSA) is 83.6 Å². The van der Waals surface area contributed by atoms with Crippen LogP contribution < -0.4 is 5.73 Å². The van der Waals surface area contributed by atoms with Gasteiger partial charge in [0.1, 0.15) is 0 Å². The van der Waals surface area contributed by atoms with Crippen molar-refractivity contribution in [3.8, 4) is 0 Å². The summed E-state index contributed by atoms with van der Waals surface area (Å²) in [5.41, 5.74) is 4.54. The van der Waals surface area contributed by atoms with Crippen LogP contribution in [0.2, 0.25) is 5.02 Å². The molecule has 1 aromatic rings. The lowest BCUT2D eigenvalue weighted by Crippen LogP contribution is -2.57. The molecule has 1 saturated heterocycles. The van der Waals surface area contributed by atoms with Crippen LogP contribution in [0.4, 0.5) is 0 Å². The molecule has 0 bridgehead atoms. The monoisotopic (exact) mass is 352 g/mol. The zero-order chi connectivity index (χ0) is 18.0. The number of hydrogen-bond donors (Lipinski definition) is 2. The molecule has 1 aliphatic rings. The number of carbonyl (C=O) groups is 2. The Hall–Kier alpha value is -1.59. The molecule has 5 nitrogen and oxygen atoms in total. The van der Waals surface area contributed by atoms with Crippen molar-refractivity contribution in [3.05, 3.63) is 34.9 Å². The zero-order valence-electron chi connectivity index (χ0n) is 14.2. The predicted molar refractivity (Wildman–Crippen MR) is 93.5 cm³/mol. The number of amides is 2. The van der Waals surface area contributed by atoms with E-state index in [0.717, 1.165) is 12.0 Å². The second kappa shape index (κ2) is 7.11. The summed E-state index contributed by atoms with van der Waals surface area (Å²) in [6, 6.07) is 7.60. The van der Waals surface area contributed by atoms with Gasteiger partial charge in [0.2, 0.25) is 5.91 Å². The average Bonchev–Trinajstić information content (AvgIpc) is 2.49. The molecule has 1 unspecified atom stereocenters. The first kappa shape index (κ1) is 18.7. The zero-order valence-corrected chi connectivity index (χ0v) is 15.0. The molecular weight excluding hydrogens is 328 g/mol. The van der Waals surface area contributed by atoms with E-state index in [0.29, 0.717) is 30.8 Å². The van der Waals surface area contributed by atoms with Gasteiger partial charge in [-0.1, -0.05) is 37.6 Å². The third-order valence-electron chi connectivity index (χ3n) is 4.51. The second-order valence-corrected chi connectivity index (χ2v) is 7.90. The van der Waals surface area contributed by atoms with Gasteiger partial charge in [0.15, 0.2) is 5.60 Å². The van der Waals surface area contributed by atoms with Crippen molar-refractivity contribution in [2.75, 3.05) is 13.1 Å². The number of nitrogens with two attached hydrogens (primary N) is 1. The number of carbonyl (C=O) groups excluding carboxylic acids is 2. The minimum Gasteiger partial charge on any atom is -0.378 e. The molecule has 1 aliphatic heterocycles. The Morgan fingerprint density at radius 1 is 1.33 bits per heavy atom. The molecule has 2 amide bonds. The van der Waals surface area contributed by atoms with Gasteiger partial charge in [0, 0.05) is 18.0 Å². The fraction of sp³-hybridized carbons (Fsp3) is 0.556. The lowest BCUT2D eigenvalue weighted by molar-refractivity contribution is -0.149. The summed E-state index contributed by atoms with van der Waals surface area (Å²) in [7, 11) is 0. The van der Waals surface area contributed by atoms with Crippen molar-refractivity contribution in [2.24, 2.45) is 11.1 Å². The lowest BCUT2D eigenvalue weighted by atomic mass is 9.81. The van der Waals surface area contributed by atoms with Crippen molar-refractivity contribution < 1.29 is 14.7 Å². The van der Waals surface area contributed by atoms with E-state index >= 15 is 0 Å². The van der Waals surface area contributed by atoms with Crippen LogP contribution in [0.25, 0.3) is 0 Å². The molecule has 1 aromatic carbocycles. The maximum atomic E-state index is 12.6. The first-order chi connectivity index (χ1) is 11.1. The average molecular weight is 353 g/mol. The van der Waals surface area contributed by atoms with E-state index < -0.39 is 11.5 Å². The van der Waals surface area contributed by atoms with E-state index in [2.05, 4.69) is 0 Å². The number of piperidine rings is 1. The van der Waals surface area contributed by atoms with E-state index in [1.54, 1.807) is 4.90 Å². The van der Waals surface area contributed by atoms with Crippen molar-refractivity contribution in [1.29, 1.82) is 0 Å². The molecule has 24 heavy (non-hydrogen) atoms. The van der Waals surface area contributed by atoms with Gasteiger partial charge in [-0.25, -0.2) is 0 Å². The standard InChI is InChI=1S/C18H25ClN2O3/c1-17(2,10-13-4-6-14(19)7-5-13)11-15(22)21-9-3-8-18(24,12-21)16(20)23/h4-7,24H,3,8-12H2,1-2H3,(H2,20,23). The van der Waals surface area contributed by atoms with Gasteiger partial charge in [0.25, 0.3) is 5.91 Å². The fourth-order valence-corrected chi connectivity index (χ4v) is 3.31. The van der Waals surface area contributed by atoms with Crippen LogP contribution in [0.15, 0.2) is 24.3 Å². The smallest absolute Gasteiger partial charge is 0.251 e. The Morgan fingerprint density at radius 3 is 2.54 bits per heavy atom. The van der Waals surface area contributed by atoms with E-state index in [1.165, 1.54) is 0 Å². The van der Waals surface area contributed by atoms with Crippen LogP contribution >= 0.6 is 11.6 Å². The Balaban J connectivity index is 1.99. The van der Waals surface area contributed by atoms with E-state index in [9.17, 15) is 14.7 Å². The number of benzene rings is 1. The summed E-state index contributed by atoms with van der Waals surface area (Å²) in [6.07, 6.45) is 1.96. The summed E-state index contributed by atoms with van der Waals surface area (Å²) >= 11 is 5.90. The largest absolute Gasteiger partial charge is 0.378 e. The molecule has 1 atom stereocenters. The number of halogens is 1. The fourth-order valence-electron chi connectivity index (χ4n) is 3.19. The van der Waals surface area contributed by atoms with Gasteiger partial charge in [-0.2, -0.15) is 0 Å². The lowest BCUT2D eigenvalue weighted by Gasteiger charge is -2.38. The Labute approximate surface area is 147 Å². The van der Waals surface area contributed by atoms with Gasteiger partial charge < -0.3 is 15.7 Å². The molecule has 0 aromatic heterocycles. The number of likely N-dealkylation sites (tertiary alicyclic amines) is 1. The van der Waals surface area contributed by atoms with Gasteiger partial charge >= 0.3 is 0 Å². The maximum Gasteiger partial charge on any atom is 0.251 e. The summed E-state index contributed by atoms with van der Waals surface area (Å²) in [5.74, 6) is -0.825. The molecule has 3 N–H and O–H groups in total. The molecule has 1 fully saturated rings. The van der Waals surface area contributed by atoms with Crippen LogP contribution in [0.5, 0.6) is 0 Å². The Bertz CT molecular complexity index is 615. The molecule has 0 spiro atoms. The minimum atomic E-state index is -1.60. The highest BCUT2D eigenvalue weighted by molar-refractivity contribution is 6.30. The third-order valence-corrected chi connectivity index (χ3v) is 4.76. The van der Waals surface area contributed by atoms with Gasteiger partial charge in [-0.3, -0.25) is 9.59 Å². The SMILES string of the molecule is CC(C)(CC(=O)N1CCCC(O)(C(N)=O)C1)Cc1ccc(Cl)cc1. The molecule has 0 aliphatic carbocycles. The van der Waals surface area contributed by atoms with Crippen molar-refractivity contribution in [2.45, 2.75) is 45.1 Å². The van der Waals surface area contributed by atoms with E-state index in [1.807, 2.05) is 38.1 Å².